The number of hydroxylamine groups is 1. The molecule has 1 aliphatic heterocycles. The lowest BCUT2D eigenvalue weighted by Crippen LogP contribution is -2.36. The zero-order valence-electron chi connectivity index (χ0n) is 19.4. The van der Waals surface area contributed by atoms with E-state index in [1.807, 2.05) is 38.1 Å². The van der Waals surface area contributed by atoms with Crippen LogP contribution < -0.4 is 5.06 Å². The van der Waals surface area contributed by atoms with Crippen LogP contribution in [0, 0.1) is 19.7 Å². The minimum absolute atomic E-state index is 0.122. The summed E-state index contributed by atoms with van der Waals surface area (Å²) >= 11 is 0. The van der Waals surface area contributed by atoms with Gasteiger partial charge in [-0.15, -0.1) is 0 Å². The van der Waals surface area contributed by atoms with E-state index in [-0.39, 0.29) is 18.3 Å². The fourth-order valence-electron chi connectivity index (χ4n) is 3.95. The van der Waals surface area contributed by atoms with Gasteiger partial charge in [0.2, 0.25) is 0 Å². The summed E-state index contributed by atoms with van der Waals surface area (Å²) in [5.41, 5.74) is 4.33. The normalized spacial score (nSPS) is 14.1. The van der Waals surface area contributed by atoms with Gasteiger partial charge in [0.15, 0.2) is 0 Å². The minimum Gasteiger partial charge on any atom is -0.334 e. The second-order valence-corrected chi connectivity index (χ2v) is 8.27. The smallest absolute Gasteiger partial charge is 0.256 e. The number of anilines is 1. The summed E-state index contributed by atoms with van der Waals surface area (Å²) < 4.78 is 13.3. The van der Waals surface area contributed by atoms with E-state index < -0.39 is 0 Å². The summed E-state index contributed by atoms with van der Waals surface area (Å²) in [6, 6.07) is 13.6. The van der Waals surface area contributed by atoms with Gasteiger partial charge in [-0.2, -0.15) is 15.0 Å². The molecule has 0 aliphatic carbocycles. The van der Waals surface area contributed by atoms with E-state index in [0.717, 1.165) is 16.8 Å². The Morgan fingerprint density at radius 2 is 1.71 bits per heavy atom. The second-order valence-electron chi connectivity index (χ2n) is 8.27. The van der Waals surface area contributed by atoms with E-state index in [0.29, 0.717) is 42.5 Å². The molecule has 2 aromatic heterocycles. The lowest BCUT2D eigenvalue weighted by Gasteiger charge is -2.22. The molecule has 1 fully saturated rings. The number of hydrogen-bond acceptors (Lipinski definition) is 7. The molecule has 1 saturated heterocycles. The van der Waals surface area contributed by atoms with Gasteiger partial charge < -0.3 is 4.90 Å². The molecule has 0 N–H and O–H groups in total. The minimum atomic E-state index is -0.305. The Kier molecular flexibility index (Phi) is 6.19. The Bertz CT molecular complexity index is 1340. The van der Waals surface area contributed by atoms with E-state index in [1.165, 1.54) is 16.9 Å². The number of amides is 1. The quantitative estimate of drug-likeness (QED) is 0.449. The highest BCUT2D eigenvalue weighted by atomic mass is 19.1. The molecule has 35 heavy (non-hydrogen) atoms. The van der Waals surface area contributed by atoms with Crippen LogP contribution in [0.5, 0.6) is 0 Å². The summed E-state index contributed by atoms with van der Waals surface area (Å²) in [7, 11) is 0. The van der Waals surface area contributed by atoms with E-state index in [9.17, 15) is 9.18 Å². The lowest BCUT2D eigenvalue weighted by molar-refractivity contribution is 0.0729. The Labute approximate surface area is 201 Å². The number of nitrogens with zero attached hydrogens (tertiary/aromatic N) is 7. The predicted molar refractivity (Wildman–Crippen MR) is 127 cm³/mol. The Hall–Kier alpha value is -4.18. The third-order valence-corrected chi connectivity index (χ3v) is 5.69. The van der Waals surface area contributed by atoms with Crippen molar-refractivity contribution in [3.05, 3.63) is 83.6 Å². The van der Waals surface area contributed by atoms with Crippen LogP contribution in [0.3, 0.4) is 0 Å². The summed E-state index contributed by atoms with van der Waals surface area (Å²) in [4.78, 5) is 31.8. The van der Waals surface area contributed by atoms with Gasteiger partial charge in [-0.05, 0) is 56.3 Å². The number of aryl methyl sites for hydroxylation is 2. The average molecular weight is 474 g/mol. The Balaban J connectivity index is 1.36. The van der Waals surface area contributed by atoms with E-state index >= 15 is 0 Å². The zero-order chi connectivity index (χ0) is 24.4. The molecule has 1 amide bonds. The molecular formula is C25H24FN7O2. The molecule has 3 heterocycles. The van der Waals surface area contributed by atoms with Crippen molar-refractivity contribution >= 4 is 11.9 Å². The number of rotatable bonds is 4. The lowest BCUT2D eigenvalue weighted by atomic mass is 10.1. The van der Waals surface area contributed by atoms with E-state index in [1.54, 1.807) is 34.5 Å². The van der Waals surface area contributed by atoms with Crippen molar-refractivity contribution in [2.75, 3.05) is 31.3 Å². The summed E-state index contributed by atoms with van der Waals surface area (Å²) in [5.74, 6) is -0.0281. The van der Waals surface area contributed by atoms with Gasteiger partial charge in [-0.3, -0.25) is 9.63 Å². The highest BCUT2D eigenvalue weighted by Crippen LogP contribution is 2.23. The number of benzene rings is 2. The number of carbonyl (C=O) groups is 1. The van der Waals surface area contributed by atoms with Crippen molar-refractivity contribution in [3.8, 4) is 16.9 Å². The maximum absolute atomic E-state index is 13.5. The molecule has 9 nitrogen and oxygen atoms in total. The summed E-state index contributed by atoms with van der Waals surface area (Å²) in [5, 5.41) is 9.98. The van der Waals surface area contributed by atoms with Gasteiger partial charge in [-0.25, -0.2) is 19.4 Å². The fourth-order valence-corrected chi connectivity index (χ4v) is 3.95. The molecule has 4 aromatic rings. The van der Waals surface area contributed by atoms with Crippen molar-refractivity contribution in [2.24, 2.45) is 0 Å². The monoisotopic (exact) mass is 473 g/mol. The van der Waals surface area contributed by atoms with E-state index in [4.69, 9.17) is 4.84 Å². The van der Waals surface area contributed by atoms with E-state index in [2.05, 4.69) is 20.2 Å². The maximum Gasteiger partial charge on any atom is 0.256 e. The van der Waals surface area contributed by atoms with Crippen molar-refractivity contribution in [1.29, 1.82) is 0 Å². The molecule has 0 unspecified atom stereocenters. The van der Waals surface area contributed by atoms with Crippen LogP contribution >= 0.6 is 0 Å². The first-order valence-electron chi connectivity index (χ1n) is 11.3. The van der Waals surface area contributed by atoms with Crippen LogP contribution in [-0.4, -0.2) is 62.0 Å². The average Bonchev–Trinajstić information content (AvgIpc) is 3.27. The van der Waals surface area contributed by atoms with Gasteiger partial charge >= 0.3 is 0 Å². The molecule has 0 bridgehead atoms. The van der Waals surface area contributed by atoms with Crippen LogP contribution in [0.25, 0.3) is 16.9 Å². The molecule has 178 valence electrons. The van der Waals surface area contributed by atoms with Gasteiger partial charge in [-0.1, -0.05) is 11.6 Å². The molecule has 2 aromatic carbocycles. The topological polar surface area (TPSA) is 89.3 Å². The predicted octanol–water partition coefficient (Wildman–Crippen LogP) is 3.37. The molecule has 0 radical (unpaired) electrons. The number of halogens is 1. The van der Waals surface area contributed by atoms with Gasteiger partial charge in [0.25, 0.3) is 11.9 Å². The summed E-state index contributed by atoms with van der Waals surface area (Å²) in [6.07, 6.45) is 3.15. The second kappa shape index (κ2) is 9.59. The Morgan fingerprint density at radius 1 is 0.943 bits per heavy atom. The summed E-state index contributed by atoms with van der Waals surface area (Å²) in [6.45, 7) is 5.32. The molecular weight excluding hydrogens is 449 g/mol. The molecule has 0 spiro atoms. The number of hydrogen-bond donors (Lipinski definition) is 0. The fraction of sp³-hybridized carbons (Fsp3) is 0.240. The zero-order valence-corrected chi connectivity index (χ0v) is 19.4. The first-order valence-corrected chi connectivity index (χ1v) is 11.3. The molecule has 5 rings (SSSR count). The third kappa shape index (κ3) is 4.87. The van der Waals surface area contributed by atoms with Crippen LogP contribution in [0.15, 0.2) is 60.9 Å². The van der Waals surface area contributed by atoms with Crippen LogP contribution in [-0.2, 0) is 4.84 Å². The van der Waals surface area contributed by atoms with Crippen LogP contribution in [0.2, 0.25) is 0 Å². The van der Waals surface area contributed by atoms with Gasteiger partial charge in [0.1, 0.15) is 5.82 Å². The molecule has 10 heteroatoms. The first kappa shape index (κ1) is 22.6. The standard InChI is InChI=1S/C25H24FN7O2/c1-17-3-8-23(33-27-9-10-28-33)21(15-17)24(34)31-11-12-32(35-14-13-31)25-29-18(2)16-22(30-25)19-4-6-20(26)7-5-19/h3-10,15-16H,11-14H2,1-2H3. The molecule has 0 atom stereocenters. The highest BCUT2D eigenvalue weighted by Gasteiger charge is 2.25. The van der Waals surface area contributed by atoms with Crippen LogP contribution in [0.1, 0.15) is 21.6 Å². The molecule has 0 saturated carbocycles. The van der Waals surface area contributed by atoms with Crippen molar-refractivity contribution in [1.82, 2.24) is 29.9 Å². The first-order chi connectivity index (χ1) is 17.0. The number of carbonyl (C=O) groups excluding carboxylic acids is 1. The van der Waals surface area contributed by atoms with Crippen molar-refractivity contribution in [3.63, 3.8) is 0 Å². The van der Waals surface area contributed by atoms with Crippen molar-refractivity contribution < 1.29 is 14.0 Å². The largest absolute Gasteiger partial charge is 0.334 e. The third-order valence-electron chi connectivity index (χ3n) is 5.69. The Morgan fingerprint density at radius 3 is 2.49 bits per heavy atom. The highest BCUT2D eigenvalue weighted by molar-refractivity contribution is 5.98. The number of aromatic nitrogens is 5. The van der Waals surface area contributed by atoms with Gasteiger partial charge in [0, 0.05) is 24.3 Å². The SMILES string of the molecule is Cc1ccc(-n2nccn2)c(C(=O)N2CCON(c3nc(C)cc(-c4ccc(F)cc4)n3)CC2)c1. The van der Waals surface area contributed by atoms with Gasteiger partial charge in [0.05, 0.1) is 42.5 Å². The van der Waals surface area contributed by atoms with Crippen LogP contribution in [0.4, 0.5) is 10.3 Å². The molecule has 1 aliphatic rings. The maximum atomic E-state index is 13.5. The van der Waals surface area contributed by atoms with Crippen molar-refractivity contribution in [2.45, 2.75) is 13.8 Å².